The molecule has 0 radical (unpaired) electrons. The van der Waals surface area contributed by atoms with Crippen LogP contribution in [0.1, 0.15) is 43.6 Å². The number of piperidine rings is 1. The molecule has 0 aromatic heterocycles. The third kappa shape index (κ3) is 3.56. The minimum Gasteiger partial charge on any atom is -0.351 e. The van der Waals surface area contributed by atoms with Gasteiger partial charge in [-0.2, -0.15) is 0 Å². The molecule has 1 aliphatic carbocycles. The van der Waals surface area contributed by atoms with Gasteiger partial charge in [0.1, 0.15) is 0 Å². The summed E-state index contributed by atoms with van der Waals surface area (Å²) in [6, 6.07) is 11.2. The molecule has 2 fully saturated rings. The fourth-order valence-corrected chi connectivity index (χ4v) is 3.79. The summed E-state index contributed by atoms with van der Waals surface area (Å²) in [5.41, 5.74) is 6.84. The summed E-state index contributed by atoms with van der Waals surface area (Å²) in [6.07, 6.45) is 6.27. The van der Waals surface area contributed by atoms with Gasteiger partial charge in [0.25, 0.3) is 0 Å². The van der Waals surface area contributed by atoms with Crippen LogP contribution in [0.4, 0.5) is 4.79 Å². The van der Waals surface area contributed by atoms with E-state index in [0.717, 1.165) is 19.5 Å². The van der Waals surface area contributed by atoms with Gasteiger partial charge in [0.15, 0.2) is 0 Å². The number of benzene rings is 1. The van der Waals surface area contributed by atoms with Crippen LogP contribution < -0.4 is 11.1 Å². The number of nitrogens with zero attached hydrogens (tertiary/aromatic N) is 1. The summed E-state index contributed by atoms with van der Waals surface area (Å²) < 4.78 is 0. The van der Waals surface area contributed by atoms with Crippen LogP contribution in [0.15, 0.2) is 30.3 Å². The van der Waals surface area contributed by atoms with E-state index in [1.54, 1.807) is 4.90 Å². The van der Waals surface area contributed by atoms with Crippen LogP contribution in [0.5, 0.6) is 0 Å². The van der Waals surface area contributed by atoms with Gasteiger partial charge in [-0.3, -0.25) is 0 Å². The van der Waals surface area contributed by atoms with Gasteiger partial charge in [0, 0.05) is 31.1 Å². The zero-order valence-corrected chi connectivity index (χ0v) is 12.5. The van der Waals surface area contributed by atoms with E-state index in [0.29, 0.717) is 18.0 Å². The Morgan fingerprint density at radius 3 is 2.48 bits per heavy atom. The summed E-state index contributed by atoms with van der Waals surface area (Å²) >= 11 is 0. The molecule has 1 saturated heterocycles. The second-order valence-electron chi connectivity index (χ2n) is 6.43. The van der Waals surface area contributed by atoms with E-state index >= 15 is 0 Å². The summed E-state index contributed by atoms with van der Waals surface area (Å²) in [5.74, 6) is 0.381. The van der Waals surface area contributed by atoms with E-state index in [-0.39, 0.29) is 6.03 Å². The SMILES string of the molecule is NC(=O)N1CC(NC2CCCC2)CC(c2ccccc2)C1. The maximum absolute atomic E-state index is 11.6. The number of nitrogens with one attached hydrogen (secondary N) is 1. The van der Waals surface area contributed by atoms with E-state index in [4.69, 9.17) is 5.73 Å². The Kier molecular flexibility index (Phi) is 4.44. The highest BCUT2D eigenvalue weighted by molar-refractivity contribution is 5.72. The minimum atomic E-state index is -0.297. The smallest absolute Gasteiger partial charge is 0.314 e. The molecular formula is C17H25N3O. The Labute approximate surface area is 126 Å². The summed E-state index contributed by atoms with van der Waals surface area (Å²) in [5, 5.41) is 3.75. The molecule has 21 heavy (non-hydrogen) atoms. The Bertz CT molecular complexity index is 470. The van der Waals surface area contributed by atoms with Gasteiger partial charge >= 0.3 is 6.03 Å². The average molecular weight is 287 g/mol. The summed E-state index contributed by atoms with van der Waals surface area (Å²) in [7, 11) is 0. The third-order valence-electron chi connectivity index (χ3n) is 4.86. The van der Waals surface area contributed by atoms with Gasteiger partial charge in [0.2, 0.25) is 0 Å². The van der Waals surface area contributed by atoms with E-state index in [9.17, 15) is 4.79 Å². The number of likely N-dealkylation sites (tertiary alicyclic amines) is 1. The normalized spacial score (nSPS) is 27.0. The highest BCUT2D eigenvalue weighted by atomic mass is 16.2. The number of nitrogens with two attached hydrogens (primary N) is 1. The maximum Gasteiger partial charge on any atom is 0.314 e. The maximum atomic E-state index is 11.6. The molecule has 1 aliphatic heterocycles. The molecule has 3 N–H and O–H groups in total. The van der Waals surface area contributed by atoms with Crippen molar-refractivity contribution < 1.29 is 4.79 Å². The van der Waals surface area contributed by atoms with E-state index in [1.807, 2.05) is 6.07 Å². The number of hydrogen-bond donors (Lipinski definition) is 2. The van der Waals surface area contributed by atoms with Crippen LogP contribution in [-0.2, 0) is 0 Å². The number of rotatable bonds is 3. The molecule has 1 heterocycles. The van der Waals surface area contributed by atoms with Crippen LogP contribution in [-0.4, -0.2) is 36.1 Å². The predicted octanol–water partition coefficient (Wildman–Crippen LogP) is 2.46. The molecule has 4 nitrogen and oxygen atoms in total. The molecule has 2 amide bonds. The fourth-order valence-electron chi connectivity index (χ4n) is 3.79. The number of urea groups is 1. The number of hydrogen-bond acceptors (Lipinski definition) is 2. The van der Waals surface area contributed by atoms with Crippen LogP contribution in [0.25, 0.3) is 0 Å². The first kappa shape index (κ1) is 14.4. The Morgan fingerprint density at radius 2 is 1.81 bits per heavy atom. The van der Waals surface area contributed by atoms with Gasteiger partial charge in [-0.05, 0) is 24.8 Å². The molecule has 1 aromatic rings. The molecule has 0 spiro atoms. The monoisotopic (exact) mass is 287 g/mol. The molecule has 2 aliphatic rings. The quantitative estimate of drug-likeness (QED) is 0.897. The second kappa shape index (κ2) is 6.48. The van der Waals surface area contributed by atoms with Crippen molar-refractivity contribution in [1.29, 1.82) is 0 Å². The molecule has 2 atom stereocenters. The average Bonchev–Trinajstić information content (AvgIpc) is 3.01. The molecule has 2 unspecified atom stereocenters. The molecule has 1 saturated carbocycles. The summed E-state index contributed by atoms with van der Waals surface area (Å²) in [6.45, 7) is 1.48. The van der Waals surface area contributed by atoms with Crippen LogP contribution >= 0.6 is 0 Å². The highest BCUT2D eigenvalue weighted by Crippen LogP contribution is 2.28. The lowest BCUT2D eigenvalue weighted by atomic mass is 9.88. The molecule has 114 valence electrons. The standard InChI is InChI=1S/C17H25N3O/c18-17(21)20-11-14(13-6-2-1-3-7-13)10-16(12-20)19-15-8-4-5-9-15/h1-3,6-7,14-16,19H,4-5,8-12H2,(H2,18,21). The molecule has 4 heteroatoms. The molecule has 1 aromatic carbocycles. The van der Waals surface area contributed by atoms with Crippen molar-refractivity contribution in [3.05, 3.63) is 35.9 Å². The zero-order valence-electron chi connectivity index (χ0n) is 12.5. The molecular weight excluding hydrogens is 262 g/mol. The second-order valence-corrected chi connectivity index (χ2v) is 6.43. The number of amides is 2. The van der Waals surface area contributed by atoms with Gasteiger partial charge in [-0.1, -0.05) is 43.2 Å². The summed E-state index contributed by atoms with van der Waals surface area (Å²) in [4.78, 5) is 13.4. The fraction of sp³-hybridized carbons (Fsp3) is 0.588. The highest BCUT2D eigenvalue weighted by Gasteiger charge is 2.31. The van der Waals surface area contributed by atoms with Crippen molar-refractivity contribution >= 4 is 6.03 Å². The number of carbonyl (C=O) groups is 1. The molecule has 3 rings (SSSR count). The van der Waals surface area contributed by atoms with Crippen molar-refractivity contribution in [2.75, 3.05) is 13.1 Å². The van der Waals surface area contributed by atoms with E-state index in [1.165, 1.54) is 31.2 Å². The third-order valence-corrected chi connectivity index (χ3v) is 4.86. The lowest BCUT2D eigenvalue weighted by molar-refractivity contribution is 0.167. The van der Waals surface area contributed by atoms with Gasteiger partial charge in [-0.25, -0.2) is 4.79 Å². The minimum absolute atomic E-state index is 0.297. The Morgan fingerprint density at radius 1 is 1.10 bits per heavy atom. The van der Waals surface area contributed by atoms with E-state index in [2.05, 4.69) is 29.6 Å². The van der Waals surface area contributed by atoms with Gasteiger partial charge in [-0.15, -0.1) is 0 Å². The first-order valence-corrected chi connectivity index (χ1v) is 8.08. The Balaban J connectivity index is 1.70. The Hall–Kier alpha value is -1.55. The van der Waals surface area contributed by atoms with Crippen LogP contribution in [0.3, 0.4) is 0 Å². The molecule has 0 bridgehead atoms. The van der Waals surface area contributed by atoms with E-state index < -0.39 is 0 Å². The van der Waals surface area contributed by atoms with Crippen molar-refractivity contribution in [2.45, 2.75) is 50.1 Å². The zero-order chi connectivity index (χ0) is 14.7. The first-order chi connectivity index (χ1) is 10.2. The van der Waals surface area contributed by atoms with Gasteiger partial charge in [0.05, 0.1) is 0 Å². The lowest BCUT2D eigenvalue weighted by Gasteiger charge is -2.38. The van der Waals surface area contributed by atoms with Crippen molar-refractivity contribution in [2.24, 2.45) is 5.73 Å². The van der Waals surface area contributed by atoms with Crippen molar-refractivity contribution in [1.82, 2.24) is 10.2 Å². The lowest BCUT2D eigenvalue weighted by Crippen LogP contribution is -2.53. The first-order valence-electron chi connectivity index (χ1n) is 8.08. The topological polar surface area (TPSA) is 58.4 Å². The van der Waals surface area contributed by atoms with Gasteiger partial charge < -0.3 is 16.0 Å². The number of carbonyl (C=O) groups excluding carboxylic acids is 1. The number of primary amides is 1. The largest absolute Gasteiger partial charge is 0.351 e. The van der Waals surface area contributed by atoms with Crippen LogP contribution in [0, 0.1) is 0 Å². The van der Waals surface area contributed by atoms with Crippen LogP contribution in [0.2, 0.25) is 0 Å². The van der Waals surface area contributed by atoms with Crippen molar-refractivity contribution in [3.63, 3.8) is 0 Å². The predicted molar refractivity (Wildman–Crippen MR) is 84.1 cm³/mol. The van der Waals surface area contributed by atoms with Crippen molar-refractivity contribution in [3.8, 4) is 0 Å².